The highest BCUT2D eigenvalue weighted by Crippen LogP contribution is 2.36. The van der Waals surface area contributed by atoms with Crippen LogP contribution in [0.5, 0.6) is 0 Å². The minimum absolute atomic E-state index is 0.277. The molecule has 0 bridgehead atoms. The van der Waals surface area contributed by atoms with Gasteiger partial charge in [-0.3, -0.25) is 9.78 Å². The number of thioether (sulfide) groups is 1. The molecule has 0 fully saturated rings. The molecule has 3 heterocycles. The standard InChI is InChI=1S/C16H15N3O2S2/c1-21-15(20)14(12-5-9-22-11-12)23-16-18-7-8-19(16)10-13-4-2-3-6-17-13/h2-9,11,14H,10H2,1H3. The van der Waals surface area contributed by atoms with Crippen molar-refractivity contribution >= 4 is 29.1 Å². The molecule has 0 spiro atoms. The zero-order valence-corrected chi connectivity index (χ0v) is 14.1. The third-order valence-electron chi connectivity index (χ3n) is 3.22. The Morgan fingerprint density at radius 2 is 2.26 bits per heavy atom. The number of imidazole rings is 1. The molecule has 23 heavy (non-hydrogen) atoms. The normalized spacial score (nSPS) is 12.0. The summed E-state index contributed by atoms with van der Waals surface area (Å²) in [5.74, 6) is -0.277. The maximum absolute atomic E-state index is 12.1. The molecule has 0 aliphatic rings. The van der Waals surface area contributed by atoms with Gasteiger partial charge in [0, 0.05) is 18.6 Å². The second-order valence-electron chi connectivity index (χ2n) is 4.74. The number of hydrogen-bond acceptors (Lipinski definition) is 6. The number of hydrogen-bond donors (Lipinski definition) is 0. The van der Waals surface area contributed by atoms with Gasteiger partial charge in [-0.25, -0.2) is 4.98 Å². The third-order valence-corrected chi connectivity index (χ3v) is 5.17. The lowest BCUT2D eigenvalue weighted by Crippen LogP contribution is -2.12. The van der Waals surface area contributed by atoms with Crippen LogP contribution in [0.1, 0.15) is 16.5 Å². The second-order valence-corrected chi connectivity index (χ2v) is 6.59. The van der Waals surface area contributed by atoms with Gasteiger partial charge in [0.05, 0.1) is 19.3 Å². The summed E-state index contributed by atoms with van der Waals surface area (Å²) >= 11 is 2.94. The van der Waals surface area contributed by atoms with E-state index in [4.69, 9.17) is 4.74 Å². The number of carbonyl (C=O) groups excluding carboxylic acids is 1. The van der Waals surface area contributed by atoms with E-state index in [1.165, 1.54) is 18.9 Å². The van der Waals surface area contributed by atoms with Gasteiger partial charge in [-0.05, 0) is 34.5 Å². The van der Waals surface area contributed by atoms with E-state index in [1.807, 2.05) is 45.8 Å². The van der Waals surface area contributed by atoms with Crippen LogP contribution in [-0.2, 0) is 16.1 Å². The Kier molecular flexibility index (Phi) is 5.09. The Labute approximate surface area is 142 Å². The molecule has 0 radical (unpaired) electrons. The third kappa shape index (κ3) is 3.80. The molecule has 5 nitrogen and oxygen atoms in total. The average molecular weight is 345 g/mol. The van der Waals surface area contributed by atoms with Gasteiger partial charge in [0.1, 0.15) is 5.25 Å². The van der Waals surface area contributed by atoms with Crippen molar-refractivity contribution in [1.82, 2.24) is 14.5 Å². The van der Waals surface area contributed by atoms with Gasteiger partial charge >= 0.3 is 5.97 Å². The van der Waals surface area contributed by atoms with Crippen LogP contribution in [0.2, 0.25) is 0 Å². The molecule has 1 atom stereocenters. The first-order valence-electron chi connectivity index (χ1n) is 6.95. The maximum Gasteiger partial charge on any atom is 0.323 e. The van der Waals surface area contributed by atoms with Crippen molar-refractivity contribution in [2.45, 2.75) is 17.0 Å². The number of ether oxygens (including phenoxy) is 1. The minimum atomic E-state index is -0.420. The first-order chi connectivity index (χ1) is 11.3. The predicted molar refractivity (Wildman–Crippen MR) is 90.5 cm³/mol. The van der Waals surface area contributed by atoms with E-state index in [0.29, 0.717) is 6.54 Å². The van der Waals surface area contributed by atoms with Gasteiger partial charge in [-0.2, -0.15) is 11.3 Å². The molecule has 0 N–H and O–H groups in total. The lowest BCUT2D eigenvalue weighted by Gasteiger charge is -2.14. The fourth-order valence-corrected chi connectivity index (χ4v) is 3.93. The van der Waals surface area contributed by atoms with E-state index < -0.39 is 5.25 Å². The van der Waals surface area contributed by atoms with Crippen LogP contribution in [0.3, 0.4) is 0 Å². The molecule has 0 amide bonds. The van der Waals surface area contributed by atoms with E-state index in [2.05, 4.69) is 9.97 Å². The molecule has 7 heteroatoms. The SMILES string of the molecule is COC(=O)C(Sc1nccn1Cc1ccccn1)c1ccsc1. The predicted octanol–water partition coefficient (Wildman–Crippen LogP) is 3.39. The maximum atomic E-state index is 12.1. The van der Waals surface area contributed by atoms with Crippen molar-refractivity contribution in [2.75, 3.05) is 7.11 Å². The Morgan fingerprint density at radius 1 is 1.35 bits per heavy atom. The van der Waals surface area contributed by atoms with Crippen molar-refractivity contribution in [1.29, 1.82) is 0 Å². The number of thiophene rings is 1. The minimum Gasteiger partial charge on any atom is -0.468 e. The first kappa shape index (κ1) is 15.8. The molecule has 0 saturated carbocycles. The van der Waals surface area contributed by atoms with E-state index in [-0.39, 0.29) is 5.97 Å². The Bertz CT molecular complexity index is 757. The number of aromatic nitrogens is 3. The molecule has 3 rings (SSSR count). The van der Waals surface area contributed by atoms with E-state index in [0.717, 1.165) is 16.4 Å². The van der Waals surface area contributed by atoms with Gasteiger partial charge in [-0.1, -0.05) is 17.8 Å². The van der Waals surface area contributed by atoms with E-state index >= 15 is 0 Å². The fraction of sp³-hybridized carbons (Fsp3) is 0.188. The molecule has 1 unspecified atom stereocenters. The number of carbonyl (C=O) groups is 1. The van der Waals surface area contributed by atoms with E-state index in [1.54, 1.807) is 23.7 Å². The highest BCUT2D eigenvalue weighted by molar-refractivity contribution is 8.00. The number of rotatable bonds is 6. The largest absolute Gasteiger partial charge is 0.468 e. The van der Waals surface area contributed by atoms with Gasteiger partial charge in [0.2, 0.25) is 0 Å². The van der Waals surface area contributed by atoms with Crippen LogP contribution in [0.4, 0.5) is 0 Å². The number of methoxy groups -OCH3 is 1. The highest BCUT2D eigenvalue weighted by Gasteiger charge is 2.25. The number of esters is 1. The molecule has 3 aromatic heterocycles. The van der Waals surface area contributed by atoms with Crippen molar-refractivity contribution < 1.29 is 9.53 Å². The monoisotopic (exact) mass is 345 g/mol. The van der Waals surface area contributed by atoms with Gasteiger partial charge in [0.25, 0.3) is 0 Å². The van der Waals surface area contributed by atoms with Crippen molar-refractivity contribution in [3.63, 3.8) is 0 Å². The summed E-state index contributed by atoms with van der Waals surface area (Å²) in [6.45, 7) is 0.612. The molecular weight excluding hydrogens is 330 g/mol. The highest BCUT2D eigenvalue weighted by atomic mass is 32.2. The molecule has 118 valence electrons. The summed E-state index contributed by atoms with van der Waals surface area (Å²) in [7, 11) is 1.41. The van der Waals surface area contributed by atoms with Gasteiger partial charge in [-0.15, -0.1) is 0 Å². The topological polar surface area (TPSA) is 57.0 Å². The summed E-state index contributed by atoms with van der Waals surface area (Å²) in [5, 5.41) is 4.25. The van der Waals surface area contributed by atoms with Crippen molar-refractivity contribution in [3.8, 4) is 0 Å². The summed E-state index contributed by atoms with van der Waals surface area (Å²) in [6, 6.07) is 7.74. The zero-order chi connectivity index (χ0) is 16.1. The van der Waals surface area contributed by atoms with E-state index in [9.17, 15) is 4.79 Å². The lowest BCUT2D eigenvalue weighted by atomic mass is 10.2. The Balaban J connectivity index is 1.81. The quantitative estimate of drug-likeness (QED) is 0.506. The van der Waals surface area contributed by atoms with Gasteiger partial charge in [0.15, 0.2) is 5.16 Å². The van der Waals surface area contributed by atoms with Crippen LogP contribution in [0.15, 0.2) is 58.8 Å². The Hall–Kier alpha value is -2.12. The fourth-order valence-electron chi connectivity index (χ4n) is 2.09. The van der Waals surface area contributed by atoms with Crippen LogP contribution in [0.25, 0.3) is 0 Å². The Morgan fingerprint density at radius 3 is 2.96 bits per heavy atom. The van der Waals surface area contributed by atoms with Crippen LogP contribution in [0, 0.1) is 0 Å². The average Bonchev–Trinajstić information content (AvgIpc) is 3.25. The number of nitrogens with zero attached hydrogens (tertiary/aromatic N) is 3. The van der Waals surface area contributed by atoms with Crippen LogP contribution in [-0.4, -0.2) is 27.6 Å². The van der Waals surface area contributed by atoms with Crippen molar-refractivity contribution in [3.05, 3.63) is 64.9 Å². The molecular formula is C16H15N3O2S2. The summed E-state index contributed by atoms with van der Waals surface area (Å²) in [4.78, 5) is 20.8. The second kappa shape index (κ2) is 7.43. The summed E-state index contributed by atoms with van der Waals surface area (Å²) < 4.78 is 6.92. The smallest absolute Gasteiger partial charge is 0.323 e. The summed E-state index contributed by atoms with van der Waals surface area (Å²) in [6.07, 6.45) is 5.38. The zero-order valence-electron chi connectivity index (χ0n) is 12.5. The number of pyridine rings is 1. The van der Waals surface area contributed by atoms with Crippen molar-refractivity contribution in [2.24, 2.45) is 0 Å². The van der Waals surface area contributed by atoms with Crippen LogP contribution < -0.4 is 0 Å². The van der Waals surface area contributed by atoms with Crippen LogP contribution >= 0.6 is 23.1 Å². The molecule has 0 saturated heterocycles. The summed E-state index contributed by atoms with van der Waals surface area (Å²) in [5.41, 5.74) is 1.87. The molecule has 0 aliphatic heterocycles. The van der Waals surface area contributed by atoms with Gasteiger partial charge < -0.3 is 9.30 Å². The molecule has 0 aliphatic carbocycles. The first-order valence-corrected chi connectivity index (χ1v) is 8.78. The lowest BCUT2D eigenvalue weighted by molar-refractivity contribution is -0.140. The molecule has 0 aromatic carbocycles. The molecule has 3 aromatic rings.